The highest BCUT2D eigenvalue weighted by Crippen LogP contribution is 2.45. The molecule has 1 fully saturated rings. The van der Waals surface area contributed by atoms with Crippen molar-refractivity contribution in [3.05, 3.63) is 89.0 Å². The first-order valence-corrected chi connectivity index (χ1v) is 12.1. The van der Waals surface area contributed by atoms with Crippen LogP contribution in [-0.2, 0) is 9.59 Å². The van der Waals surface area contributed by atoms with Gasteiger partial charge in [-0.25, -0.2) is 8.78 Å². The highest BCUT2D eigenvalue weighted by atomic mass is 19.2. The minimum absolute atomic E-state index is 0.0325. The van der Waals surface area contributed by atoms with Gasteiger partial charge in [-0.3, -0.25) is 14.5 Å². The Kier molecular flexibility index (Phi) is 7.66. The Morgan fingerprint density at radius 2 is 1.53 bits per heavy atom. The number of nitrogens with zero attached hydrogens (tertiary/aromatic N) is 2. The number of rotatable bonds is 8. The van der Waals surface area contributed by atoms with Gasteiger partial charge in [-0.1, -0.05) is 18.2 Å². The number of carbonyl (C=O) groups excluding carboxylic acids is 2. The number of aliphatic hydroxyl groups excluding tert-OH is 1. The van der Waals surface area contributed by atoms with Crippen LogP contribution in [0.1, 0.15) is 31.0 Å². The molecule has 1 aliphatic rings. The van der Waals surface area contributed by atoms with Gasteiger partial charge in [0, 0.05) is 30.5 Å². The quantitative estimate of drug-likeness (QED) is 0.241. The van der Waals surface area contributed by atoms with E-state index in [0.29, 0.717) is 5.56 Å². The normalized spacial score (nSPS) is 16.6. The zero-order valence-corrected chi connectivity index (χ0v) is 21.5. The summed E-state index contributed by atoms with van der Waals surface area (Å²) in [7, 11) is 2.80. The van der Waals surface area contributed by atoms with Crippen molar-refractivity contribution in [3.8, 4) is 11.5 Å². The van der Waals surface area contributed by atoms with Gasteiger partial charge in [-0.05, 0) is 55.8 Å². The molecule has 1 aliphatic heterocycles. The fourth-order valence-electron chi connectivity index (χ4n) is 4.72. The monoisotopic (exact) mass is 522 g/mol. The lowest BCUT2D eigenvalue weighted by Crippen LogP contribution is -2.29. The van der Waals surface area contributed by atoms with Crippen LogP contribution in [0.4, 0.5) is 20.2 Å². The van der Waals surface area contributed by atoms with E-state index in [2.05, 4.69) is 4.90 Å². The lowest BCUT2D eigenvalue weighted by atomic mass is 9.94. The smallest absolute Gasteiger partial charge is 0.300 e. The fraction of sp³-hybridized carbons (Fsp3) is 0.241. The molecule has 1 N–H and O–H groups in total. The second-order valence-electron chi connectivity index (χ2n) is 8.57. The zero-order chi connectivity index (χ0) is 27.6. The zero-order valence-electron chi connectivity index (χ0n) is 21.5. The molecule has 3 aromatic carbocycles. The van der Waals surface area contributed by atoms with Crippen LogP contribution in [0.5, 0.6) is 11.5 Å². The van der Waals surface area contributed by atoms with Crippen molar-refractivity contribution in [3.63, 3.8) is 0 Å². The van der Waals surface area contributed by atoms with Gasteiger partial charge >= 0.3 is 0 Å². The van der Waals surface area contributed by atoms with Crippen molar-refractivity contribution in [2.75, 3.05) is 37.1 Å². The summed E-state index contributed by atoms with van der Waals surface area (Å²) < 4.78 is 38.8. The highest BCUT2D eigenvalue weighted by Gasteiger charge is 2.47. The first-order chi connectivity index (χ1) is 18.3. The molecule has 38 heavy (non-hydrogen) atoms. The molecule has 1 heterocycles. The van der Waals surface area contributed by atoms with Crippen LogP contribution in [0.25, 0.3) is 5.76 Å². The molecule has 9 heteroatoms. The number of hydrogen-bond donors (Lipinski definition) is 1. The van der Waals surface area contributed by atoms with E-state index in [1.807, 2.05) is 26.0 Å². The number of anilines is 2. The molecule has 7 nitrogen and oxygen atoms in total. The van der Waals surface area contributed by atoms with Crippen LogP contribution < -0.4 is 19.3 Å². The Balaban J connectivity index is 1.98. The second kappa shape index (κ2) is 10.9. The number of halogens is 2. The average Bonchev–Trinajstić information content (AvgIpc) is 3.20. The summed E-state index contributed by atoms with van der Waals surface area (Å²) >= 11 is 0. The number of amides is 1. The third kappa shape index (κ3) is 4.55. The number of methoxy groups -OCH3 is 2. The summed E-state index contributed by atoms with van der Waals surface area (Å²) in [6.45, 7) is 5.60. The van der Waals surface area contributed by atoms with E-state index in [0.717, 1.165) is 35.8 Å². The Morgan fingerprint density at radius 3 is 2.05 bits per heavy atom. The largest absolute Gasteiger partial charge is 0.506 e. The molecule has 0 aromatic heterocycles. The Morgan fingerprint density at radius 1 is 0.921 bits per heavy atom. The molecule has 0 aliphatic carbocycles. The molecule has 0 bridgehead atoms. The van der Waals surface area contributed by atoms with E-state index < -0.39 is 35.1 Å². The third-order valence-corrected chi connectivity index (χ3v) is 6.63. The van der Waals surface area contributed by atoms with Crippen LogP contribution in [0.2, 0.25) is 0 Å². The minimum Gasteiger partial charge on any atom is -0.506 e. The Bertz CT molecular complexity index is 1380. The molecule has 0 spiro atoms. The number of ketones is 1. The number of aliphatic hydroxyl groups is 1. The summed E-state index contributed by atoms with van der Waals surface area (Å²) in [4.78, 5) is 30.0. The van der Waals surface area contributed by atoms with Crippen LogP contribution in [0.3, 0.4) is 0 Å². The number of ether oxygens (including phenoxy) is 2. The van der Waals surface area contributed by atoms with Crippen molar-refractivity contribution in [1.29, 1.82) is 0 Å². The molecule has 0 radical (unpaired) electrons. The van der Waals surface area contributed by atoms with E-state index in [4.69, 9.17) is 9.47 Å². The SMILES string of the molecule is CCN(CC)c1ccc(C2/C(=C(\O)c3c(OC)cccc3OC)C(=O)C(=O)N2c2ccc(F)c(F)c2)cc1. The van der Waals surface area contributed by atoms with Crippen molar-refractivity contribution >= 4 is 28.8 Å². The van der Waals surface area contributed by atoms with Crippen molar-refractivity contribution in [1.82, 2.24) is 0 Å². The maximum Gasteiger partial charge on any atom is 0.300 e. The predicted octanol–water partition coefficient (Wildman–Crippen LogP) is 5.45. The van der Waals surface area contributed by atoms with Gasteiger partial charge in [0.25, 0.3) is 11.7 Å². The molecular formula is C29H28F2N2O5. The maximum absolute atomic E-state index is 14.2. The molecule has 1 atom stereocenters. The first kappa shape index (κ1) is 26.7. The topological polar surface area (TPSA) is 79.3 Å². The molecule has 1 amide bonds. The lowest BCUT2D eigenvalue weighted by Gasteiger charge is -2.27. The van der Waals surface area contributed by atoms with Gasteiger partial charge in [0.2, 0.25) is 0 Å². The van der Waals surface area contributed by atoms with E-state index in [9.17, 15) is 23.5 Å². The van der Waals surface area contributed by atoms with Crippen LogP contribution in [0.15, 0.2) is 66.2 Å². The Hall–Kier alpha value is -4.40. The summed E-state index contributed by atoms with van der Waals surface area (Å²) in [5.41, 5.74) is 1.23. The highest BCUT2D eigenvalue weighted by molar-refractivity contribution is 6.51. The van der Waals surface area contributed by atoms with E-state index >= 15 is 0 Å². The number of Topliss-reactive ketones (excluding diaryl/α,β-unsaturated/α-hetero) is 1. The maximum atomic E-state index is 14.2. The number of hydrogen-bond acceptors (Lipinski definition) is 6. The van der Waals surface area contributed by atoms with Crippen molar-refractivity contribution < 1.29 is 33.0 Å². The summed E-state index contributed by atoms with van der Waals surface area (Å²) in [6, 6.07) is 13.8. The minimum atomic E-state index is -1.17. The van der Waals surface area contributed by atoms with Crippen LogP contribution >= 0.6 is 0 Å². The average molecular weight is 523 g/mol. The second-order valence-corrected chi connectivity index (χ2v) is 8.57. The van der Waals surface area contributed by atoms with Gasteiger partial charge in [0.15, 0.2) is 11.6 Å². The number of carbonyl (C=O) groups is 2. The van der Waals surface area contributed by atoms with E-state index in [1.165, 1.54) is 20.3 Å². The van der Waals surface area contributed by atoms with Gasteiger partial charge in [-0.15, -0.1) is 0 Å². The lowest BCUT2D eigenvalue weighted by molar-refractivity contribution is -0.132. The molecule has 4 rings (SSSR count). The van der Waals surface area contributed by atoms with Crippen LogP contribution in [0, 0.1) is 11.6 Å². The van der Waals surface area contributed by atoms with E-state index in [1.54, 1.807) is 30.3 Å². The fourth-order valence-corrected chi connectivity index (χ4v) is 4.72. The predicted molar refractivity (Wildman–Crippen MR) is 141 cm³/mol. The molecule has 198 valence electrons. The third-order valence-electron chi connectivity index (χ3n) is 6.63. The van der Waals surface area contributed by atoms with Gasteiger partial charge < -0.3 is 19.5 Å². The molecule has 0 saturated carbocycles. The molecule has 3 aromatic rings. The van der Waals surface area contributed by atoms with Gasteiger partial charge in [0.05, 0.1) is 25.8 Å². The summed E-state index contributed by atoms with van der Waals surface area (Å²) in [5, 5.41) is 11.5. The standard InChI is InChI=1S/C29H28F2N2O5/c1-5-32(6-2)18-12-10-17(11-13-18)26-25(27(34)24-22(37-3)8-7-9-23(24)38-4)28(35)29(36)33(26)19-14-15-20(30)21(31)16-19/h7-16,26,34H,5-6H2,1-4H3/b27-25+. The van der Waals surface area contributed by atoms with Crippen molar-refractivity contribution in [2.24, 2.45) is 0 Å². The molecule has 1 saturated heterocycles. The molecular weight excluding hydrogens is 494 g/mol. The summed E-state index contributed by atoms with van der Waals surface area (Å²) in [5.74, 6) is -4.33. The first-order valence-electron chi connectivity index (χ1n) is 12.1. The van der Waals surface area contributed by atoms with Gasteiger partial charge in [0.1, 0.15) is 22.8 Å². The number of benzene rings is 3. The van der Waals surface area contributed by atoms with E-state index in [-0.39, 0.29) is 28.3 Å². The molecule has 1 unspecified atom stereocenters. The Labute approximate surface area is 219 Å². The summed E-state index contributed by atoms with van der Waals surface area (Å²) in [6.07, 6.45) is 0. The van der Waals surface area contributed by atoms with Crippen LogP contribution in [-0.4, -0.2) is 44.1 Å². The van der Waals surface area contributed by atoms with Crippen molar-refractivity contribution in [2.45, 2.75) is 19.9 Å². The van der Waals surface area contributed by atoms with Gasteiger partial charge in [-0.2, -0.15) is 0 Å².